The number of ether oxygens (including phenoxy) is 1. The molecule has 1 aromatic heterocycles. The Balaban J connectivity index is 1.95. The van der Waals surface area contributed by atoms with Crippen LogP contribution in [0.25, 0.3) is 0 Å². The van der Waals surface area contributed by atoms with Crippen molar-refractivity contribution >= 4 is 23.2 Å². The number of halogens is 1. The van der Waals surface area contributed by atoms with Crippen LogP contribution in [0.2, 0.25) is 5.02 Å². The quantitative estimate of drug-likeness (QED) is 0.854. The van der Waals surface area contributed by atoms with E-state index in [2.05, 4.69) is 10.6 Å². The SMILES string of the molecule is COc1cc(Cl)c(C)cc1NCC(=O)NC(C)c1ccco1. The van der Waals surface area contributed by atoms with Gasteiger partial charge in [0.1, 0.15) is 11.5 Å². The van der Waals surface area contributed by atoms with Crippen LogP contribution in [0, 0.1) is 6.92 Å². The second kappa shape index (κ2) is 7.22. The minimum atomic E-state index is -0.182. The summed E-state index contributed by atoms with van der Waals surface area (Å²) in [6.07, 6.45) is 1.58. The van der Waals surface area contributed by atoms with Gasteiger partial charge in [-0.2, -0.15) is 0 Å². The van der Waals surface area contributed by atoms with Crippen molar-refractivity contribution in [1.29, 1.82) is 0 Å². The van der Waals surface area contributed by atoms with E-state index in [1.54, 1.807) is 25.5 Å². The summed E-state index contributed by atoms with van der Waals surface area (Å²) in [6, 6.07) is 7.01. The first-order chi connectivity index (χ1) is 10.5. The minimum Gasteiger partial charge on any atom is -0.495 e. The molecule has 6 heteroatoms. The fourth-order valence-corrected chi connectivity index (χ4v) is 2.20. The predicted molar refractivity (Wildman–Crippen MR) is 86.5 cm³/mol. The van der Waals surface area contributed by atoms with Gasteiger partial charge in [-0.05, 0) is 37.6 Å². The smallest absolute Gasteiger partial charge is 0.239 e. The van der Waals surface area contributed by atoms with E-state index in [9.17, 15) is 4.79 Å². The number of nitrogens with one attached hydrogen (secondary N) is 2. The average molecular weight is 323 g/mol. The summed E-state index contributed by atoms with van der Waals surface area (Å²) in [5.74, 6) is 1.18. The number of furan rings is 1. The number of methoxy groups -OCH3 is 1. The molecule has 0 spiro atoms. The Hall–Kier alpha value is -2.14. The molecule has 2 rings (SSSR count). The molecule has 0 saturated carbocycles. The van der Waals surface area contributed by atoms with Gasteiger partial charge in [0, 0.05) is 11.1 Å². The molecule has 1 amide bonds. The number of hydrogen-bond donors (Lipinski definition) is 2. The Morgan fingerprint density at radius 1 is 1.45 bits per heavy atom. The van der Waals surface area contributed by atoms with Crippen molar-refractivity contribution in [3.05, 3.63) is 46.9 Å². The van der Waals surface area contributed by atoms with Crippen LogP contribution in [0.3, 0.4) is 0 Å². The lowest BCUT2D eigenvalue weighted by Crippen LogP contribution is -2.32. The molecule has 1 aromatic carbocycles. The Morgan fingerprint density at radius 2 is 2.23 bits per heavy atom. The molecule has 0 aliphatic heterocycles. The molecule has 0 aliphatic carbocycles. The number of amides is 1. The predicted octanol–water partition coefficient (Wildman–Crippen LogP) is 3.54. The highest BCUT2D eigenvalue weighted by atomic mass is 35.5. The van der Waals surface area contributed by atoms with Crippen LogP contribution in [0.4, 0.5) is 5.69 Å². The third-order valence-corrected chi connectivity index (χ3v) is 3.67. The van der Waals surface area contributed by atoms with Gasteiger partial charge in [0.15, 0.2) is 0 Å². The van der Waals surface area contributed by atoms with E-state index in [4.69, 9.17) is 20.8 Å². The fourth-order valence-electron chi connectivity index (χ4n) is 2.05. The molecule has 0 fully saturated rings. The lowest BCUT2D eigenvalue weighted by molar-refractivity contribution is -0.120. The summed E-state index contributed by atoms with van der Waals surface area (Å²) in [6.45, 7) is 3.89. The van der Waals surface area contributed by atoms with Crippen molar-refractivity contribution in [2.75, 3.05) is 19.0 Å². The van der Waals surface area contributed by atoms with Crippen molar-refractivity contribution in [3.8, 4) is 5.75 Å². The summed E-state index contributed by atoms with van der Waals surface area (Å²) in [5.41, 5.74) is 1.64. The van der Waals surface area contributed by atoms with Crippen LogP contribution in [-0.4, -0.2) is 19.6 Å². The molecule has 2 aromatic rings. The maximum Gasteiger partial charge on any atom is 0.239 e. The molecule has 0 bridgehead atoms. The maximum absolute atomic E-state index is 12.0. The summed E-state index contributed by atoms with van der Waals surface area (Å²) in [5, 5.41) is 6.53. The highest BCUT2D eigenvalue weighted by Crippen LogP contribution is 2.30. The van der Waals surface area contributed by atoms with Gasteiger partial charge in [0.05, 0.1) is 31.6 Å². The van der Waals surface area contributed by atoms with Crippen molar-refractivity contribution in [2.24, 2.45) is 0 Å². The number of rotatable bonds is 6. The largest absolute Gasteiger partial charge is 0.495 e. The van der Waals surface area contributed by atoms with Gasteiger partial charge < -0.3 is 19.8 Å². The Morgan fingerprint density at radius 3 is 2.86 bits per heavy atom. The molecule has 0 radical (unpaired) electrons. The lowest BCUT2D eigenvalue weighted by atomic mass is 10.2. The maximum atomic E-state index is 12.0. The third-order valence-electron chi connectivity index (χ3n) is 3.27. The van der Waals surface area contributed by atoms with Crippen LogP contribution in [0.5, 0.6) is 5.75 Å². The Kier molecular flexibility index (Phi) is 5.33. The summed E-state index contributed by atoms with van der Waals surface area (Å²) in [7, 11) is 1.56. The zero-order chi connectivity index (χ0) is 16.1. The van der Waals surface area contributed by atoms with Crippen LogP contribution >= 0.6 is 11.6 Å². The van der Waals surface area contributed by atoms with Gasteiger partial charge in [-0.1, -0.05) is 11.6 Å². The summed E-state index contributed by atoms with van der Waals surface area (Å²) in [4.78, 5) is 12.0. The van der Waals surface area contributed by atoms with Crippen LogP contribution in [0.1, 0.15) is 24.3 Å². The molecule has 0 aliphatic rings. The van der Waals surface area contributed by atoms with Crippen molar-refractivity contribution in [3.63, 3.8) is 0 Å². The van der Waals surface area contributed by atoms with Gasteiger partial charge in [-0.25, -0.2) is 0 Å². The van der Waals surface area contributed by atoms with Crippen LogP contribution in [0.15, 0.2) is 34.9 Å². The van der Waals surface area contributed by atoms with E-state index in [0.29, 0.717) is 16.5 Å². The third kappa shape index (κ3) is 3.95. The molecule has 0 saturated heterocycles. The molecule has 2 N–H and O–H groups in total. The van der Waals surface area contributed by atoms with E-state index in [1.807, 2.05) is 26.0 Å². The lowest BCUT2D eigenvalue weighted by Gasteiger charge is -2.15. The monoisotopic (exact) mass is 322 g/mol. The second-order valence-corrected chi connectivity index (χ2v) is 5.37. The number of hydrogen-bond acceptors (Lipinski definition) is 4. The first-order valence-corrected chi connectivity index (χ1v) is 7.30. The first-order valence-electron chi connectivity index (χ1n) is 6.92. The standard InChI is InChI=1S/C16H19ClN2O3/c1-10-7-13(15(21-3)8-12(10)17)18-9-16(20)19-11(2)14-5-4-6-22-14/h4-8,11,18H,9H2,1-3H3,(H,19,20). The van der Waals surface area contributed by atoms with Gasteiger partial charge in [-0.3, -0.25) is 4.79 Å². The number of anilines is 1. The molecule has 1 unspecified atom stereocenters. The second-order valence-electron chi connectivity index (χ2n) is 4.96. The molecular formula is C16H19ClN2O3. The first kappa shape index (κ1) is 16.2. The van der Waals surface area contributed by atoms with Gasteiger partial charge in [0.25, 0.3) is 0 Å². The zero-order valence-electron chi connectivity index (χ0n) is 12.8. The molecule has 5 nitrogen and oxygen atoms in total. The molecular weight excluding hydrogens is 304 g/mol. The number of carbonyl (C=O) groups excluding carboxylic acids is 1. The molecule has 118 valence electrons. The van der Waals surface area contributed by atoms with Crippen molar-refractivity contribution in [2.45, 2.75) is 19.9 Å². The molecule has 1 heterocycles. The molecule has 22 heavy (non-hydrogen) atoms. The van der Waals surface area contributed by atoms with Gasteiger partial charge in [0.2, 0.25) is 5.91 Å². The van der Waals surface area contributed by atoms with E-state index >= 15 is 0 Å². The van der Waals surface area contributed by atoms with E-state index in [0.717, 1.165) is 11.3 Å². The summed E-state index contributed by atoms with van der Waals surface area (Å²) < 4.78 is 10.5. The highest BCUT2D eigenvalue weighted by molar-refractivity contribution is 6.31. The Labute approximate surface area is 134 Å². The van der Waals surface area contributed by atoms with Gasteiger partial charge in [-0.15, -0.1) is 0 Å². The highest BCUT2D eigenvalue weighted by Gasteiger charge is 2.13. The zero-order valence-corrected chi connectivity index (χ0v) is 13.5. The normalized spacial score (nSPS) is 11.8. The van der Waals surface area contributed by atoms with Crippen LogP contribution in [-0.2, 0) is 4.79 Å². The number of aryl methyl sites for hydroxylation is 1. The number of benzene rings is 1. The average Bonchev–Trinajstić information content (AvgIpc) is 3.02. The van der Waals surface area contributed by atoms with E-state index < -0.39 is 0 Å². The Bertz CT molecular complexity index is 641. The number of carbonyl (C=O) groups is 1. The van der Waals surface area contributed by atoms with Gasteiger partial charge >= 0.3 is 0 Å². The van der Waals surface area contributed by atoms with Crippen LogP contribution < -0.4 is 15.4 Å². The van der Waals surface area contributed by atoms with Crippen molar-refractivity contribution in [1.82, 2.24) is 5.32 Å². The minimum absolute atomic E-state index is 0.127. The topological polar surface area (TPSA) is 63.5 Å². The fraction of sp³-hybridized carbons (Fsp3) is 0.312. The molecule has 1 atom stereocenters. The van der Waals surface area contributed by atoms with Crippen molar-refractivity contribution < 1.29 is 13.9 Å². The van der Waals surface area contributed by atoms with E-state index in [-0.39, 0.29) is 18.5 Å². The van der Waals surface area contributed by atoms with E-state index in [1.165, 1.54) is 0 Å². The summed E-state index contributed by atoms with van der Waals surface area (Å²) >= 11 is 6.06.